The van der Waals surface area contributed by atoms with Crippen molar-refractivity contribution in [3.05, 3.63) is 30.3 Å². The molecule has 0 bridgehead atoms. The number of sulfonamides is 1. The normalized spacial score (nSPS) is 12.3. The number of anilines is 1. The van der Waals surface area contributed by atoms with E-state index in [-0.39, 0.29) is 0 Å². The van der Waals surface area contributed by atoms with Crippen molar-refractivity contribution in [3.63, 3.8) is 0 Å². The van der Waals surface area contributed by atoms with E-state index < -0.39 is 24.9 Å². The van der Waals surface area contributed by atoms with E-state index in [4.69, 9.17) is 0 Å². The second-order valence-electron chi connectivity index (χ2n) is 3.05. The van der Waals surface area contributed by atoms with Crippen LogP contribution in [0.3, 0.4) is 0 Å². The van der Waals surface area contributed by atoms with Gasteiger partial charge < -0.3 is 0 Å². The Hall–Kier alpha value is -1.08. The average molecular weight is 248 g/mol. The van der Waals surface area contributed by atoms with Crippen LogP contribution in [0.4, 0.5) is 5.69 Å². The van der Waals surface area contributed by atoms with Crippen LogP contribution < -0.4 is 4.72 Å². The number of sulfone groups is 1. The molecule has 1 radical (unpaired) electrons. The minimum absolute atomic E-state index is 0.317. The summed E-state index contributed by atoms with van der Waals surface area (Å²) in [5.74, 6) is 0. The Balaban J connectivity index is 2.83. The van der Waals surface area contributed by atoms with E-state index in [1.54, 1.807) is 0 Å². The highest BCUT2D eigenvalue weighted by molar-refractivity contribution is 8.08. The fourth-order valence-electron chi connectivity index (χ4n) is 0.946. The average Bonchev–Trinajstić information content (AvgIpc) is 1.99. The molecule has 15 heavy (non-hydrogen) atoms. The maximum Gasteiger partial charge on any atom is 0.247 e. The molecule has 5 nitrogen and oxygen atoms in total. The first-order valence-corrected chi connectivity index (χ1v) is 7.64. The Bertz CT molecular complexity index is 519. The molecule has 0 unspecified atom stereocenters. The van der Waals surface area contributed by atoms with Crippen molar-refractivity contribution < 1.29 is 16.8 Å². The molecule has 0 aromatic heterocycles. The summed E-state index contributed by atoms with van der Waals surface area (Å²) in [7, 11) is -7.40. The van der Waals surface area contributed by atoms with Gasteiger partial charge in [0, 0.05) is 11.9 Å². The van der Waals surface area contributed by atoms with Gasteiger partial charge in [0.25, 0.3) is 0 Å². The van der Waals surface area contributed by atoms with Gasteiger partial charge in [0.05, 0.1) is 0 Å². The summed E-state index contributed by atoms with van der Waals surface area (Å²) in [6.07, 6.45) is 0.866. The van der Waals surface area contributed by atoms with Crippen molar-refractivity contribution in [2.45, 2.75) is 0 Å². The topological polar surface area (TPSA) is 80.3 Å². The van der Waals surface area contributed by atoms with Gasteiger partial charge in [0.1, 0.15) is 0 Å². The number of hydrogen-bond acceptors (Lipinski definition) is 4. The van der Waals surface area contributed by atoms with Crippen LogP contribution in [0.1, 0.15) is 0 Å². The number of nitrogens with one attached hydrogen (secondary N) is 1. The standard InChI is InChI=1S/C8H10NO4S2/c1-14(10,11)7-15(12,13)9-8-5-3-2-4-6-8/h3-6,9H,7H2,1H3. The fraction of sp³-hybridized carbons (Fsp3) is 0.250. The highest BCUT2D eigenvalue weighted by Gasteiger charge is 2.17. The summed E-state index contributed by atoms with van der Waals surface area (Å²) in [5, 5.41) is -0.918. The molecule has 0 heterocycles. The number of rotatable bonds is 4. The fourth-order valence-corrected chi connectivity index (χ4v) is 3.93. The molecule has 7 heteroatoms. The van der Waals surface area contributed by atoms with Crippen LogP contribution in [0.2, 0.25) is 0 Å². The van der Waals surface area contributed by atoms with Gasteiger partial charge in [-0.3, -0.25) is 4.72 Å². The molecule has 0 aliphatic heterocycles. The van der Waals surface area contributed by atoms with Gasteiger partial charge in [-0.2, -0.15) is 0 Å². The predicted octanol–water partition coefficient (Wildman–Crippen LogP) is 0.231. The molecule has 0 saturated carbocycles. The number of benzene rings is 1. The van der Waals surface area contributed by atoms with E-state index in [1.807, 2.05) is 0 Å². The van der Waals surface area contributed by atoms with Crippen molar-refractivity contribution in [2.24, 2.45) is 0 Å². The lowest BCUT2D eigenvalue weighted by Gasteiger charge is -2.05. The Kier molecular flexibility index (Phi) is 3.35. The molecule has 0 aliphatic rings. The molecule has 0 fully saturated rings. The van der Waals surface area contributed by atoms with Crippen LogP contribution in [-0.4, -0.2) is 28.2 Å². The first-order valence-electron chi connectivity index (χ1n) is 3.93. The molecular weight excluding hydrogens is 238 g/mol. The lowest BCUT2D eigenvalue weighted by molar-refractivity contribution is 0.595. The number of hydrogen-bond donors (Lipinski definition) is 1. The molecule has 0 saturated heterocycles. The molecule has 0 aliphatic carbocycles. The van der Waals surface area contributed by atoms with Gasteiger partial charge in [-0.15, -0.1) is 0 Å². The van der Waals surface area contributed by atoms with Crippen LogP contribution in [0.15, 0.2) is 24.3 Å². The van der Waals surface area contributed by atoms with Crippen molar-refractivity contribution in [1.29, 1.82) is 0 Å². The van der Waals surface area contributed by atoms with Gasteiger partial charge >= 0.3 is 0 Å². The van der Waals surface area contributed by atoms with Crippen LogP contribution >= 0.6 is 0 Å². The molecule has 0 spiro atoms. The van der Waals surface area contributed by atoms with Gasteiger partial charge in [-0.25, -0.2) is 16.8 Å². The van der Waals surface area contributed by atoms with Gasteiger partial charge in [0.2, 0.25) is 10.0 Å². The van der Waals surface area contributed by atoms with Gasteiger partial charge in [-0.05, 0) is 18.2 Å². The maximum absolute atomic E-state index is 11.3. The van der Waals surface area contributed by atoms with E-state index in [1.165, 1.54) is 24.3 Å². The van der Waals surface area contributed by atoms with Crippen LogP contribution in [-0.2, 0) is 19.9 Å². The molecule has 0 atom stereocenters. The van der Waals surface area contributed by atoms with Crippen molar-refractivity contribution in [3.8, 4) is 0 Å². The zero-order valence-corrected chi connectivity index (χ0v) is 9.60. The summed E-state index contributed by atoms with van der Waals surface area (Å²) in [6.45, 7) is 0. The second-order valence-corrected chi connectivity index (χ2v) is 7.28. The first-order chi connectivity index (χ1) is 6.79. The monoisotopic (exact) mass is 248 g/mol. The van der Waals surface area contributed by atoms with E-state index >= 15 is 0 Å². The Labute approximate surface area is 89.1 Å². The maximum atomic E-state index is 11.3. The molecule has 1 rings (SSSR count). The lowest BCUT2D eigenvalue weighted by atomic mass is 10.3. The molecule has 83 valence electrons. The molecule has 1 N–H and O–H groups in total. The molecule has 0 amide bonds. The highest BCUT2D eigenvalue weighted by atomic mass is 32.3. The zero-order chi connectivity index (χ0) is 11.5. The third-order valence-corrected chi connectivity index (χ3v) is 4.86. The highest BCUT2D eigenvalue weighted by Crippen LogP contribution is 2.08. The second kappa shape index (κ2) is 4.19. The summed E-state index contributed by atoms with van der Waals surface area (Å²) in [5.41, 5.74) is 0.317. The van der Waals surface area contributed by atoms with E-state index in [9.17, 15) is 16.8 Å². The SMILES string of the molecule is CS(=O)(=O)CS(=O)(=O)Nc1cc[c]cc1. The summed E-state index contributed by atoms with van der Waals surface area (Å²) in [4.78, 5) is 0. The first kappa shape index (κ1) is 12.0. The largest absolute Gasteiger partial charge is 0.283 e. The van der Waals surface area contributed by atoms with Crippen molar-refractivity contribution in [1.82, 2.24) is 0 Å². The third-order valence-electron chi connectivity index (χ3n) is 1.36. The van der Waals surface area contributed by atoms with Gasteiger partial charge in [0.15, 0.2) is 14.9 Å². The Morgan fingerprint density at radius 3 is 2.20 bits per heavy atom. The van der Waals surface area contributed by atoms with Crippen LogP contribution in [0, 0.1) is 6.07 Å². The zero-order valence-electron chi connectivity index (χ0n) is 7.97. The Morgan fingerprint density at radius 2 is 1.73 bits per heavy atom. The van der Waals surface area contributed by atoms with E-state index in [0.29, 0.717) is 5.69 Å². The van der Waals surface area contributed by atoms with Crippen molar-refractivity contribution in [2.75, 3.05) is 16.1 Å². The van der Waals surface area contributed by atoms with Crippen LogP contribution in [0.25, 0.3) is 0 Å². The lowest BCUT2D eigenvalue weighted by Crippen LogP contribution is -2.22. The van der Waals surface area contributed by atoms with Gasteiger partial charge in [-0.1, -0.05) is 12.1 Å². The molecule has 1 aromatic rings. The summed E-state index contributed by atoms with van der Waals surface area (Å²) < 4.78 is 46.4. The smallest absolute Gasteiger partial charge is 0.247 e. The Morgan fingerprint density at radius 1 is 1.20 bits per heavy atom. The predicted molar refractivity (Wildman–Crippen MR) is 57.5 cm³/mol. The summed E-state index contributed by atoms with van der Waals surface area (Å²) in [6, 6.07) is 8.74. The molecular formula is C8H10NO4S2. The van der Waals surface area contributed by atoms with E-state index in [2.05, 4.69) is 10.8 Å². The van der Waals surface area contributed by atoms with Crippen molar-refractivity contribution >= 4 is 25.5 Å². The van der Waals surface area contributed by atoms with Crippen LogP contribution in [0.5, 0.6) is 0 Å². The quantitative estimate of drug-likeness (QED) is 0.827. The third kappa shape index (κ3) is 4.80. The minimum Gasteiger partial charge on any atom is -0.283 e. The minimum atomic E-state index is -3.84. The molecule has 1 aromatic carbocycles. The van der Waals surface area contributed by atoms with E-state index in [0.717, 1.165) is 6.26 Å². The summed E-state index contributed by atoms with van der Waals surface area (Å²) >= 11 is 0.